The highest BCUT2D eigenvalue weighted by Crippen LogP contribution is 2.25. The number of benzene rings is 2. The van der Waals surface area contributed by atoms with E-state index in [-0.39, 0.29) is 27.9 Å². The summed E-state index contributed by atoms with van der Waals surface area (Å²) in [6.07, 6.45) is 4.13. The van der Waals surface area contributed by atoms with Gasteiger partial charge in [-0.05, 0) is 36.6 Å². The fourth-order valence-corrected chi connectivity index (χ4v) is 4.76. The van der Waals surface area contributed by atoms with Crippen LogP contribution in [0.25, 0.3) is 0 Å². The first-order chi connectivity index (χ1) is 13.4. The van der Waals surface area contributed by atoms with E-state index in [0.717, 1.165) is 31.2 Å². The fourth-order valence-electron chi connectivity index (χ4n) is 3.38. The van der Waals surface area contributed by atoms with Crippen molar-refractivity contribution >= 4 is 27.5 Å². The summed E-state index contributed by atoms with van der Waals surface area (Å²) < 4.78 is 27.3. The normalized spacial score (nSPS) is 15.5. The van der Waals surface area contributed by atoms with E-state index < -0.39 is 10.0 Å². The molecule has 1 saturated heterocycles. The molecule has 0 spiro atoms. The molecule has 0 N–H and O–H groups in total. The molecule has 0 atom stereocenters. The van der Waals surface area contributed by atoms with Gasteiger partial charge in [0.2, 0.25) is 10.0 Å². The van der Waals surface area contributed by atoms with Crippen LogP contribution in [0, 0.1) is 0 Å². The predicted octanol–water partition coefficient (Wildman–Crippen LogP) is 4.18. The summed E-state index contributed by atoms with van der Waals surface area (Å²) in [7, 11) is -2.21. The molecule has 3 rings (SSSR count). The number of amides is 1. The third kappa shape index (κ3) is 4.74. The van der Waals surface area contributed by atoms with E-state index in [1.807, 2.05) is 30.3 Å². The molecule has 0 aliphatic carbocycles. The largest absolute Gasteiger partial charge is 0.339 e. The van der Waals surface area contributed by atoms with Crippen LogP contribution in [-0.4, -0.2) is 43.7 Å². The molecule has 0 bridgehead atoms. The van der Waals surface area contributed by atoms with Crippen LogP contribution in [0.1, 0.15) is 41.6 Å². The van der Waals surface area contributed by atoms with Crippen molar-refractivity contribution in [2.24, 2.45) is 0 Å². The molecule has 1 heterocycles. The van der Waals surface area contributed by atoms with Gasteiger partial charge in [-0.15, -0.1) is 0 Å². The smallest absolute Gasteiger partial charge is 0.255 e. The highest BCUT2D eigenvalue weighted by atomic mass is 35.5. The van der Waals surface area contributed by atoms with Crippen molar-refractivity contribution in [3.8, 4) is 0 Å². The van der Waals surface area contributed by atoms with E-state index in [9.17, 15) is 13.2 Å². The highest BCUT2D eigenvalue weighted by molar-refractivity contribution is 7.89. The van der Waals surface area contributed by atoms with Gasteiger partial charge in [0, 0.05) is 26.7 Å². The van der Waals surface area contributed by atoms with Gasteiger partial charge in [-0.1, -0.05) is 54.8 Å². The third-order valence-corrected chi connectivity index (χ3v) is 7.15. The van der Waals surface area contributed by atoms with Crippen LogP contribution in [0.3, 0.4) is 0 Å². The van der Waals surface area contributed by atoms with E-state index in [0.29, 0.717) is 13.1 Å². The van der Waals surface area contributed by atoms with Gasteiger partial charge < -0.3 is 4.90 Å². The molecule has 28 heavy (non-hydrogen) atoms. The first kappa shape index (κ1) is 20.8. The first-order valence-corrected chi connectivity index (χ1v) is 11.3. The van der Waals surface area contributed by atoms with Gasteiger partial charge in [-0.2, -0.15) is 4.31 Å². The summed E-state index contributed by atoms with van der Waals surface area (Å²) in [4.78, 5) is 14.8. The molecule has 0 radical (unpaired) electrons. The molecule has 0 aromatic heterocycles. The van der Waals surface area contributed by atoms with Crippen LogP contribution in [0.15, 0.2) is 53.4 Å². The molecule has 1 aliphatic rings. The lowest BCUT2D eigenvalue weighted by atomic mass is 10.2. The first-order valence-electron chi connectivity index (χ1n) is 9.48. The molecule has 2 aromatic carbocycles. The zero-order chi connectivity index (χ0) is 20.1. The lowest BCUT2D eigenvalue weighted by molar-refractivity contribution is 0.0761. The van der Waals surface area contributed by atoms with Crippen molar-refractivity contribution < 1.29 is 13.2 Å². The number of hydrogen-bond donors (Lipinski definition) is 0. The number of rotatable bonds is 5. The van der Waals surface area contributed by atoms with Gasteiger partial charge >= 0.3 is 0 Å². The van der Waals surface area contributed by atoms with E-state index in [1.165, 1.54) is 29.6 Å². The molecule has 0 saturated carbocycles. The second kappa shape index (κ2) is 9.07. The Labute approximate surface area is 172 Å². The number of carbonyl (C=O) groups is 1. The molecule has 5 nitrogen and oxygen atoms in total. The lowest BCUT2D eigenvalue weighted by Crippen LogP contribution is -2.32. The molecule has 1 amide bonds. The molecule has 1 aliphatic heterocycles. The monoisotopic (exact) mass is 420 g/mol. The van der Waals surface area contributed by atoms with Gasteiger partial charge in [-0.25, -0.2) is 8.42 Å². The molecule has 7 heteroatoms. The van der Waals surface area contributed by atoms with Crippen LogP contribution in [0.2, 0.25) is 5.02 Å². The molecule has 2 aromatic rings. The van der Waals surface area contributed by atoms with Crippen molar-refractivity contribution in [1.29, 1.82) is 0 Å². The summed E-state index contributed by atoms with van der Waals surface area (Å²) in [5.41, 5.74) is 1.14. The average Bonchev–Trinajstić information content (AvgIpc) is 2.98. The number of halogens is 1. The van der Waals surface area contributed by atoms with E-state index >= 15 is 0 Å². The van der Waals surface area contributed by atoms with Crippen LogP contribution >= 0.6 is 11.6 Å². The SMILES string of the molecule is CN(Cc1ccccc1)S(=O)(=O)c1ccc(Cl)c(C(=O)N2CCCCCC2)c1. The summed E-state index contributed by atoms with van der Waals surface area (Å²) >= 11 is 6.25. The Morgan fingerprint density at radius 3 is 2.32 bits per heavy atom. The highest BCUT2D eigenvalue weighted by Gasteiger charge is 2.25. The van der Waals surface area contributed by atoms with Crippen LogP contribution in [-0.2, 0) is 16.6 Å². The standard InChI is InChI=1S/C21H25ClN2O3S/c1-23(16-17-9-5-4-6-10-17)28(26,27)18-11-12-20(22)19(15-18)21(25)24-13-7-2-3-8-14-24/h4-6,9-12,15H,2-3,7-8,13-14,16H2,1H3. The summed E-state index contributed by atoms with van der Waals surface area (Å²) in [6, 6.07) is 13.7. The van der Waals surface area contributed by atoms with E-state index in [4.69, 9.17) is 11.6 Å². The summed E-state index contributed by atoms with van der Waals surface area (Å²) in [5, 5.41) is 0.277. The molecule has 150 valence electrons. The fraction of sp³-hybridized carbons (Fsp3) is 0.381. The number of hydrogen-bond acceptors (Lipinski definition) is 3. The Bertz CT molecular complexity index is 924. The minimum absolute atomic E-state index is 0.0773. The molecule has 0 unspecified atom stereocenters. The average molecular weight is 421 g/mol. The molecular formula is C21H25ClN2O3S. The van der Waals surface area contributed by atoms with Gasteiger partial charge in [-0.3, -0.25) is 4.79 Å². The Morgan fingerprint density at radius 1 is 1.04 bits per heavy atom. The zero-order valence-electron chi connectivity index (χ0n) is 16.0. The number of likely N-dealkylation sites (tertiary alicyclic amines) is 1. The number of carbonyl (C=O) groups excluding carboxylic acids is 1. The van der Waals surface area contributed by atoms with Crippen LogP contribution in [0.4, 0.5) is 0 Å². The number of nitrogens with zero attached hydrogens (tertiary/aromatic N) is 2. The molecule has 1 fully saturated rings. The van der Waals surface area contributed by atoms with Crippen molar-refractivity contribution in [2.75, 3.05) is 20.1 Å². The Morgan fingerprint density at radius 2 is 1.68 bits per heavy atom. The minimum atomic E-state index is -3.74. The Hall–Kier alpha value is -1.89. The van der Waals surface area contributed by atoms with Gasteiger partial charge in [0.1, 0.15) is 0 Å². The lowest BCUT2D eigenvalue weighted by Gasteiger charge is -2.22. The zero-order valence-corrected chi connectivity index (χ0v) is 17.5. The third-order valence-electron chi connectivity index (χ3n) is 5.02. The number of sulfonamides is 1. The second-order valence-electron chi connectivity index (χ2n) is 7.09. The Kier molecular flexibility index (Phi) is 6.75. The summed E-state index contributed by atoms with van der Waals surface area (Å²) in [5.74, 6) is -0.199. The second-order valence-corrected chi connectivity index (χ2v) is 9.55. The van der Waals surface area contributed by atoms with Crippen LogP contribution < -0.4 is 0 Å². The van der Waals surface area contributed by atoms with Crippen molar-refractivity contribution in [2.45, 2.75) is 37.1 Å². The summed E-state index contributed by atoms with van der Waals surface area (Å²) in [6.45, 7) is 1.61. The maximum Gasteiger partial charge on any atom is 0.255 e. The van der Waals surface area contributed by atoms with Crippen molar-refractivity contribution in [3.63, 3.8) is 0 Å². The van der Waals surface area contributed by atoms with Gasteiger partial charge in [0.05, 0.1) is 15.5 Å². The maximum absolute atomic E-state index is 13.0. The quantitative estimate of drug-likeness (QED) is 0.729. The van der Waals surface area contributed by atoms with Gasteiger partial charge in [0.15, 0.2) is 0 Å². The minimum Gasteiger partial charge on any atom is -0.339 e. The van der Waals surface area contributed by atoms with Crippen molar-refractivity contribution in [1.82, 2.24) is 9.21 Å². The van der Waals surface area contributed by atoms with Gasteiger partial charge in [0.25, 0.3) is 5.91 Å². The predicted molar refractivity (Wildman–Crippen MR) is 111 cm³/mol. The Balaban J connectivity index is 1.85. The maximum atomic E-state index is 13.0. The van der Waals surface area contributed by atoms with Crippen LogP contribution in [0.5, 0.6) is 0 Å². The van der Waals surface area contributed by atoms with E-state index in [2.05, 4.69) is 0 Å². The topological polar surface area (TPSA) is 57.7 Å². The van der Waals surface area contributed by atoms with E-state index in [1.54, 1.807) is 4.90 Å². The molecular weight excluding hydrogens is 396 g/mol. The van der Waals surface area contributed by atoms with Crippen molar-refractivity contribution in [3.05, 3.63) is 64.7 Å².